The molecule has 2 amide bonds. The lowest BCUT2D eigenvalue weighted by Gasteiger charge is -2.22. The molecule has 0 spiro atoms. The van der Waals surface area contributed by atoms with Crippen molar-refractivity contribution in [2.24, 2.45) is 5.92 Å². The number of nitrogens with zero attached hydrogens (tertiary/aromatic N) is 1. The number of nitrogens with one attached hydrogen (secondary N) is 1. The van der Waals surface area contributed by atoms with E-state index in [1.54, 1.807) is 24.3 Å². The topological polar surface area (TPSA) is 86.7 Å². The van der Waals surface area contributed by atoms with Crippen LogP contribution in [0.25, 0.3) is 0 Å². The third-order valence-electron chi connectivity index (χ3n) is 2.75. The van der Waals surface area contributed by atoms with E-state index in [0.29, 0.717) is 12.1 Å². The fourth-order valence-electron chi connectivity index (χ4n) is 1.86. The Morgan fingerprint density at radius 1 is 1.32 bits per heavy atom. The highest BCUT2D eigenvalue weighted by Gasteiger charge is 2.18. The average molecular weight is 371 g/mol. The van der Waals surface area contributed by atoms with E-state index in [4.69, 9.17) is 5.11 Å². The molecule has 0 aliphatic carbocycles. The Morgan fingerprint density at radius 3 is 2.55 bits per heavy atom. The Labute approximate surface area is 137 Å². The van der Waals surface area contributed by atoms with Crippen LogP contribution in [-0.4, -0.2) is 47.4 Å². The Morgan fingerprint density at radius 2 is 2.00 bits per heavy atom. The van der Waals surface area contributed by atoms with Gasteiger partial charge in [0, 0.05) is 16.6 Å². The normalized spacial score (nSPS) is 10.4. The molecule has 0 radical (unpaired) electrons. The van der Waals surface area contributed by atoms with Gasteiger partial charge >= 0.3 is 5.97 Å². The number of carbonyl (C=O) groups is 3. The molecule has 0 heterocycles. The van der Waals surface area contributed by atoms with Crippen LogP contribution in [0.1, 0.15) is 24.2 Å². The summed E-state index contributed by atoms with van der Waals surface area (Å²) in [4.78, 5) is 36.0. The molecule has 2 N–H and O–H groups in total. The van der Waals surface area contributed by atoms with Crippen LogP contribution in [-0.2, 0) is 9.59 Å². The molecule has 0 bridgehead atoms. The molecule has 0 saturated heterocycles. The molecule has 0 saturated carbocycles. The van der Waals surface area contributed by atoms with Crippen LogP contribution >= 0.6 is 15.9 Å². The van der Waals surface area contributed by atoms with Gasteiger partial charge in [0.05, 0.1) is 6.54 Å². The maximum atomic E-state index is 12.1. The molecular formula is C15H19BrN2O4. The molecule has 0 aliphatic heterocycles. The maximum Gasteiger partial charge on any atom is 0.323 e. The van der Waals surface area contributed by atoms with Crippen molar-refractivity contribution in [1.29, 1.82) is 0 Å². The molecule has 1 aromatic rings. The fraction of sp³-hybridized carbons (Fsp3) is 0.400. The first-order valence-corrected chi connectivity index (χ1v) is 7.62. The SMILES string of the molecule is CC(C)CN(CC(=O)O)C(=O)CNC(=O)c1cccc(Br)c1. The zero-order chi connectivity index (χ0) is 16.7. The number of hydrogen-bond acceptors (Lipinski definition) is 3. The summed E-state index contributed by atoms with van der Waals surface area (Å²) in [5, 5.41) is 11.4. The molecular weight excluding hydrogens is 352 g/mol. The molecule has 1 aromatic carbocycles. The highest BCUT2D eigenvalue weighted by molar-refractivity contribution is 9.10. The summed E-state index contributed by atoms with van der Waals surface area (Å²) >= 11 is 3.27. The summed E-state index contributed by atoms with van der Waals surface area (Å²) in [6, 6.07) is 6.78. The summed E-state index contributed by atoms with van der Waals surface area (Å²) in [7, 11) is 0. The summed E-state index contributed by atoms with van der Waals surface area (Å²) < 4.78 is 0.763. The second kappa shape index (κ2) is 8.53. The van der Waals surface area contributed by atoms with Gasteiger partial charge in [-0.2, -0.15) is 0 Å². The summed E-state index contributed by atoms with van der Waals surface area (Å²) in [5.74, 6) is -1.73. The average Bonchev–Trinajstić information content (AvgIpc) is 2.42. The number of carboxylic acid groups (broad SMARTS) is 1. The van der Waals surface area contributed by atoms with Crippen molar-refractivity contribution in [3.8, 4) is 0 Å². The predicted molar refractivity (Wildman–Crippen MR) is 85.5 cm³/mol. The van der Waals surface area contributed by atoms with Crippen LogP contribution < -0.4 is 5.32 Å². The standard InChI is InChI=1S/C15H19BrN2O4/c1-10(2)8-18(9-14(20)21)13(19)7-17-15(22)11-4-3-5-12(16)6-11/h3-6,10H,7-9H2,1-2H3,(H,17,22)(H,20,21). The molecule has 0 atom stereocenters. The van der Waals surface area contributed by atoms with E-state index < -0.39 is 11.9 Å². The first kappa shape index (κ1) is 18.2. The van der Waals surface area contributed by atoms with E-state index in [2.05, 4.69) is 21.2 Å². The van der Waals surface area contributed by atoms with Gasteiger partial charge in [-0.1, -0.05) is 35.8 Å². The van der Waals surface area contributed by atoms with Crippen molar-refractivity contribution >= 4 is 33.7 Å². The molecule has 120 valence electrons. The van der Waals surface area contributed by atoms with Gasteiger partial charge in [0.25, 0.3) is 5.91 Å². The Hall–Kier alpha value is -1.89. The summed E-state index contributed by atoms with van der Waals surface area (Å²) in [6.45, 7) is 3.51. The smallest absolute Gasteiger partial charge is 0.323 e. The highest BCUT2D eigenvalue weighted by Crippen LogP contribution is 2.11. The monoisotopic (exact) mass is 370 g/mol. The molecule has 0 aromatic heterocycles. The van der Waals surface area contributed by atoms with Crippen molar-refractivity contribution < 1.29 is 19.5 Å². The lowest BCUT2D eigenvalue weighted by molar-refractivity contribution is -0.144. The van der Waals surface area contributed by atoms with E-state index in [9.17, 15) is 14.4 Å². The Kier molecular flexibility index (Phi) is 7.04. The number of carbonyl (C=O) groups excluding carboxylic acids is 2. The third-order valence-corrected chi connectivity index (χ3v) is 3.24. The molecule has 7 heteroatoms. The van der Waals surface area contributed by atoms with Gasteiger partial charge in [0.2, 0.25) is 5.91 Å². The summed E-state index contributed by atoms with van der Waals surface area (Å²) in [6.07, 6.45) is 0. The lowest BCUT2D eigenvalue weighted by Crippen LogP contribution is -2.44. The molecule has 1 rings (SSSR count). The van der Waals surface area contributed by atoms with Crippen molar-refractivity contribution in [1.82, 2.24) is 10.2 Å². The van der Waals surface area contributed by atoms with E-state index in [0.717, 1.165) is 4.47 Å². The number of aliphatic carboxylic acids is 1. The van der Waals surface area contributed by atoms with Crippen molar-refractivity contribution in [2.75, 3.05) is 19.6 Å². The van der Waals surface area contributed by atoms with Gasteiger partial charge in [-0.15, -0.1) is 0 Å². The van der Waals surface area contributed by atoms with Crippen molar-refractivity contribution in [2.45, 2.75) is 13.8 Å². The summed E-state index contributed by atoms with van der Waals surface area (Å²) in [5.41, 5.74) is 0.427. The van der Waals surface area contributed by atoms with Crippen LogP contribution in [0.15, 0.2) is 28.7 Å². The number of carboxylic acids is 1. The zero-order valence-electron chi connectivity index (χ0n) is 12.5. The van der Waals surface area contributed by atoms with Crippen LogP contribution in [0.2, 0.25) is 0 Å². The fourth-order valence-corrected chi connectivity index (χ4v) is 2.26. The number of rotatable bonds is 7. The van der Waals surface area contributed by atoms with E-state index >= 15 is 0 Å². The second-order valence-electron chi connectivity index (χ2n) is 5.25. The van der Waals surface area contributed by atoms with Crippen LogP contribution in [0, 0.1) is 5.92 Å². The largest absolute Gasteiger partial charge is 0.480 e. The van der Waals surface area contributed by atoms with Gasteiger partial charge in [0.1, 0.15) is 6.54 Å². The molecule has 22 heavy (non-hydrogen) atoms. The van der Waals surface area contributed by atoms with E-state index in [-0.39, 0.29) is 24.9 Å². The van der Waals surface area contributed by atoms with E-state index in [1.807, 2.05) is 13.8 Å². The molecule has 0 unspecified atom stereocenters. The Balaban J connectivity index is 2.62. The predicted octanol–water partition coefficient (Wildman–Crippen LogP) is 1.75. The number of benzene rings is 1. The number of amides is 2. The lowest BCUT2D eigenvalue weighted by atomic mass is 10.2. The zero-order valence-corrected chi connectivity index (χ0v) is 14.1. The minimum atomic E-state index is -1.08. The minimum Gasteiger partial charge on any atom is -0.480 e. The van der Waals surface area contributed by atoms with Gasteiger partial charge < -0.3 is 15.3 Å². The maximum absolute atomic E-state index is 12.1. The van der Waals surface area contributed by atoms with Gasteiger partial charge in [0.15, 0.2) is 0 Å². The van der Waals surface area contributed by atoms with Crippen LogP contribution in [0.4, 0.5) is 0 Å². The Bertz CT molecular complexity index is 560. The van der Waals surface area contributed by atoms with E-state index in [1.165, 1.54) is 4.90 Å². The third kappa shape index (κ3) is 6.26. The van der Waals surface area contributed by atoms with Crippen molar-refractivity contribution in [3.05, 3.63) is 34.3 Å². The molecule has 6 nitrogen and oxygen atoms in total. The quantitative estimate of drug-likeness (QED) is 0.765. The second-order valence-corrected chi connectivity index (χ2v) is 6.17. The van der Waals surface area contributed by atoms with Gasteiger partial charge in [-0.25, -0.2) is 0 Å². The van der Waals surface area contributed by atoms with Crippen molar-refractivity contribution in [3.63, 3.8) is 0 Å². The number of hydrogen-bond donors (Lipinski definition) is 2. The number of halogens is 1. The van der Waals surface area contributed by atoms with Crippen LogP contribution in [0.3, 0.4) is 0 Å². The molecule has 0 fully saturated rings. The van der Waals surface area contributed by atoms with Crippen LogP contribution in [0.5, 0.6) is 0 Å². The first-order valence-electron chi connectivity index (χ1n) is 6.83. The molecule has 0 aliphatic rings. The first-order chi connectivity index (χ1) is 10.3. The minimum absolute atomic E-state index is 0.143. The van der Waals surface area contributed by atoms with Gasteiger partial charge in [-0.05, 0) is 24.1 Å². The highest BCUT2D eigenvalue weighted by atomic mass is 79.9. The van der Waals surface area contributed by atoms with Gasteiger partial charge in [-0.3, -0.25) is 14.4 Å².